The van der Waals surface area contributed by atoms with Gasteiger partial charge in [-0.25, -0.2) is 10.5 Å². The summed E-state index contributed by atoms with van der Waals surface area (Å²) >= 11 is 1.25. The first-order valence-corrected chi connectivity index (χ1v) is 6.93. The molecule has 3 rings (SSSR count). The van der Waals surface area contributed by atoms with Gasteiger partial charge >= 0.3 is 6.01 Å². The van der Waals surface area contributed by atoms with E-state index in [-0.39, 0.29) is 12.0 Å². The lowest BCUT2D eigenvalue weighted by atomic mass is 10.7. The molecule has 106 valence electrons. The topological polar surface area (TPSA) is 130 Å². The van der Waals surface area contributed by atoms with E-state index in [9.17, 15) is 0 Å². The molecule has 1 aliphatic rings. The fraction of sp³-hybridized carbons (Fsp3) is 0.556. The first-order valence-electron chi connectivity index (χ1n) is 6.11. The minimum absolute atomic E-state index is 0.211. The minimum atomic E-state index is 0.211. The van der Waals surface area contributed by atoms with E-state index in [0.29, 0.717) is 23.0 Å². The van der Waals surface area contributed by atoms with Gasteiger partial charge in [0.1, 0.15) is 0 Å². The van der Waals surface area contributed by atoms with E-state index in [2.05, 4.69) is 35.9 Å². The summed E-state index contributed by atoms with van der Waals surface area (Å²) in [5.41, 5.74) is 2.38. The van der Waals surface area contributed by atoms with Crippen molar-refractivity contribution in [3.63, 3.8) is 0 Å². The normalized spacial score (nSPS) is 14.3. The predicted octanol–water partition coefficient (Wildman–Crippen LogP) is 0.0285. The van der Waals surface area contributed by atoms with Crippen LogP contribution >= 0.6 is 11.8 Å². The van der Waals surface area contributed by atoms with Crippen LogP contribution in [0.4, 0.5) is 5.95 Å². The van der Waals surface area contributed by atoms with Crippen LogP contribution in [-0.2, 0) is 0 Å². The summed E-state index contributed by atoms with van der Waals surface area (Å²) < 4.78 is 7.05. The van der Waals surface area contributed by atoms with Crippen molar-refractivity contribution in [1.82, 2.24) is 35.2 Å². The van der Waals surface area contributed by atoms with E-state index in [1.807, 2.05) is 6.92 Å². The lowest BCUT2D eigenvalue weighted by Gasteiger charge is -2.06. The fourth-order valence-corrected chi connectivity index (χ4v) is 2.30. The van der Waals surface area contributed by atoms with Crippen LogP contribution in [0.5, 0.6) is 6.01 Å². The average molecular weight is 295 g/mol. The van der Waals surface area contributed by atoms with E-state index in [1.54, 1.807) is 4.68 Å². The zero-order chi connectivity index (χ0) is 13.9. The summed E-state index contributed by atoms with van der Waals surface area (Å²) in [6.07, 6.45) is 2.19. The van der Waals surface area contributed by atoms with Crippen molar-refractivity contribution in [3.8, 4) is 6.01 Å². The average Bonchev–Trinajstić information content (AvgIpc) is 3.19. The molecular weight excluding hydrogens is 282 g/mol. The molecule has 0 unspecified atom stereocenters. The molecule has 20 heavy (non-hydrogen) atoms. The SMILES string of the molecule is CCOc1nc(NN)nc(Sc2nnnn2C2CC2)n1. The van der Waals surface area contributed by atoms with Crippen LogP contribution in [0.25, 0.3) is 0 Å². The summed E-state index contributed by atoms with van der Waals surface area (Å²) in [5.74, 6) is 5.56. The van der Waals surface area contributed by atoms with Gasteiger partial charge in [-0.15, -0.1) is 5.10 Å². The Morgan fingerprint density at radius 1 is 1.40 bits per heavy atom. The van der Waals surface area contributed by atoms with E-state index in [1.165, 1.54) is 11.8 Å². The molecule has 0 amide bonds. The second-order valence-corrected chi connectivity index (χ2v) is 4.98. The Morgan fingerprint density at radius 2 is 2.25 bits per heavy atom. The summed E-state index contributed by atoms with van der Waals surface area (Å²) in [6.45, 7) is 2.30. The molecule has 11 heteroatoms. The van der Waals surface area contributed by atoms with Gasteiger partial charge in [0.2, 0.25) is 16.3 Å². The number of hydrogen-bond acceptors (Lipinski definition) is 10. The van der Waals surface area contributed by atoms with Gasteiger partial charge < -0.3 is 4.74 Å². The zero-order valence-corrected chi connectivity index (χ0v) is 11.5. The van der Waals surface area contributed by atoms with Crippen molar-refractivity contribution < 1.29 is 4.74 Å². The summed E-state index contributed by atoms with van der Waals surface area (Å²) in [6, 6.07) is 0.594. The molecule has 10 nitrogen and oxygen atoms in total. The van der Waals surface area contributed by atoms with Crippen LogP contribution in [0.3, 0.4) is 0 Å². The van der Waals surface area contributed by atoms with Crippen LogP contribution in [0.15, 0.2) is 10.3 Å². The zero-order valence-electron chi connectivity index (χ0n) is 10.7. The first-order chi connectivity index (χ1) is 9.80. The van der Waals surface area contributed by atoms with Crippen LogP contribution in [0.1, 0.15) is 25.8 Å². The maximum Gasteiger partial charge on any atom is 0.322 e. The van der Waals surface area contributed by atoms with Crippen molar-refractivity contribution in [2.75, 3.05) is 12.0 Å². The number of nitrogens with one attached hydrogen (secondary N) is 1. The van der Waals surface area contributed by atoms with Gasteiger partial charge in [-0.2, -0.15) is 15.0 Å². The van der Waals surface area contributed by atoms with Crippen LogP contribution in [0.2, 0.25) is 0 Å². The third kappa shape index (κ3) is 2.77. The van der Waals surface area contributed by atoms with E-state index >= 15 is 0 Å². The molecule has 1 fully saturated rings. The van der Waals surface area contributed by atoms with Crippen molar-refractivity contribution in [1.29, 1.82) is 0 Å². The summed E-state index contributed by atoms with van der Waals surface area (Å²) in [4.78, 5) is 12.3. The highest BCUT2D eigenvalue weighted by atomic mass is 32.2. The highest BCUT2D eigenvalue weighted by Gasteiger charge is 2.28. The van der Waals surface area contributed by atoms with Gasteiger partial charge in [-0.3, -0.25) is 5.43 Å². The number of ether oxygens (including phenoxy) is 1. The molecule has 0 saturated heterocycles. The van der Waals surface area contributed by atoms with Gasteiger partial charge in [0, 0.05) is 0 Å². The monoisotopic (exact) mass is 295 g/mol. The Bertz CT molecular complexity index is 599. The molecule has 0 aliphatic heterocycles. The van der Waals surface area contributed by atoms with Crippen LogP contribution < -0.4 is 16.0 Å². The molecular formula is C9H13N9OS. The molecule has 1 aliphatic carbocycles. The molecule has 0 radical (unpaired) electrons. The second-order valence-electron chi connectivity index (χ2n) is 4.04. The van der Waals surface area contributed by atoms with E-state index in [0.717, 1.165) is 12.8 Å². The predicted molar refractivity (Wildman–Crippen MR) is 69.0 cm³/mol. The highest BCUT2D eigenvalue weighted by Crippen LogP contribution is 2.37. The maximum absolute atomic E-state index is 5.33. The van der Waals surface area contributed by atoms with Crippen molar-refractivity contribution in [2.45, 2.75) is 36.1 Å². The van der Waals surface area contributed by atoms with Crippen LogP contribution in [-0.4, -0.2) is 41.8 Å². The Balaban J connectivity index is 1.85. The molecule has 1 saturated carbocycles. The van der Waals surface area contributed by atoms with Crippen molar-refractivity contribution >= 4 is 17.7 Å². The second kappa shape index (κ2) is 5.54. The van der Waals surface area contributed by atoms with E-state index in [4.69, 9.17) is 10.6 Å². The van der Waals surface area contributed by atoms with Gasteiger partial charge in [0.25, 0.3) is 0 Å². The van der Waals surface area contributed by atoms with E-state index < -0.39 is 0 Å². The Hall–Kier alpha value is -2.01. The highest BCUT2D eigenvalue weighted by molar-refractivity contribution is 7.99. The third-order valence-electron chi connectivity index (χ3n) is 2.53. The standard InChI is InChI=1S/C9H13N9OS/c1-2-19-7-11-6(14-10)12-8(13-7)20-9-15-16-17-18(9)5-3-4-5/h5H,2-4,10H2,1H3,(H,11,12,13,14). The molecule has 0 atom stereocenters. The first kappa shape index (κ1) is 13.0. The number of tetrazole rings is 1. The molecule has 0 aromatic carbocycles. The number of anilines is 1. The number of nitrogens with two attached hydrogens (primary N) is 1. The van der Waals surface area contributed by atoms with Gasteiger partial charge in [0.05, 0.1) is 12.6 Å². The lowest BCUT2D eigenvalue weighted by Crippen LogP contribution is -2.13. The number of rotatable bonds is 6. The van der Waals surface area contributed by atoms with Gasteiger partial charge in [0.15, 0.2) is 0 Å². The Morgan fingerprint density at radius 3 is 2.95 bits per heavy atom. The number of hydrogen-bond donors (Lipinski definition) is 2. The molecule has 0 spiro atoms. The molecule has 2 heterocycles. The number of nitrogen functional groups attached to an aromatic ring is 1. The van der Waals surface area contributed by atoms with Crippen molar-refractivity contribution in [3.05, 3.63) is 0 Å². The summed E-state index contributed by atoms with van der Waals surface area (Å²) in [7, 11) is 0. The number of nitrogens with zero attached hydrogens (tertiary/aromatic N) is 7. The quantitative estimate of drug-likeness (QED) is 0.556. The molecule has 3 N–H and O–H groups in total. The van der Waals surface area contributed by atoms with Gasteiger partial charge in [-0.05, 0) is 42.0 Å². The number of hydrazine groups is 1. The minimum Gasteiger partial charge on any atom is -0.464 e. The van der Waals surface area contributed by atoms with Crippen LogP contribution in [0, 0.1) is 0 Å². The Kier molecular flexibility index (Phi) is 3.60. The third-order valence-corrected chi connectivity index (χ3v) is 3.35. The molecule has 0 bridgehead atoms. The van der Waals surface area contributed by atoms with Gasteiger partial charge in [-0.1, -0.05) is 0 Å². The fourth-order valence-electron chi connectivity index (χ4n) is 1.52. The largest absolute Gasteiger partial charge is 0.464 e. The van der Waals surface area contributed by atoms with Crippen molar-refractivity contribution in [2.24, 2.45) is 5.84 Å². The number of aromatic nitrogens is 7. The molecule has 2 aromatic rings. The smallest absolute Gasteiger partial charge is 0.322 e. The lowest BCUT2D eigenvalue weighted by molar-refractivity contribution is 0.308. The maximum atomic E-state index is 5.33. The molecule has 2 aromatic heterocycles. The summed E-state index contributed by atoms with van der Waals surface area (Å²) in [5, 5.41) is 12.7. The Labute approximate surface area is 118 Å².